The number of piperazine rings is 1. The lowest BCUT2D eigenvalue weighted by molar-refractivity contribution is -0.118. The van der Waals surface area contributed by atoms with Gasteiger partial charge in [0.15, 0.2) is 6.61 Å². The highest BCUT2D eigenvalue weighted by Crippen LogP contribution is 2.35. The van der Waals surface area contributed by atoms with Crippen molar-refractivity contribution in [2.45, 2.75) is 44.9 Å². The van der Waals surface area contributed by atoms with Crippen LogP contribution >= 0.6 is 11.6 Å². The number of hydrogen-bond acceptors (Lipinski definition) is 4. The van der Waals surface area contributed by atoms with Gasteiger partial charge in [-0.2, -0.15) is 0 Å². The molecule has 1 aliphatic carbocycles. The summed E-state index contributed by atoms with van der Waals surface area (Å²) in [6.45, 7) is 6.98. The number of para-hydroxylation sites is 1. The van der Waals surface area contributed by atoms with Gasteiger partial charge in [0.2, 0.25) is 0 Å². The molecule has 2 aromatic carbocycles. The Kier molecular flexibility index (Phi) is 7.93. The van der Waals surface area contributed by atoms with Crippen LogP contribution in [0.25, 0.3) is 0 Å². The molecule has 172 valence electrons. The quantitative estimate of drug-likeness (QED) is 0.594. The van der Waals surface area contributed by atoms with E-state index in [4.69, 9.17) is 16.3 Å². The summed E-state index contributed by atoms with van der Waals surface area (Å²) < 4.78 is 5.76. The standard InChI is InChI=1S/C26H34ClN3O2/c1-2-29-15-17-30(18-16-29)26-23(27)9-6-10-24(26)28-25(31)19-32-22-13-11-21(12-14-22)20-7-4-3-5-8-20/h6,9-14,20H,2-5,7-8,15-19H2,1H3,(H,28,31). The van der Waals surface area contributed by atoms with Gasteiger partial charge >= 0.3 is 0 Å². The molecule has 0 spiro atoms. The van der Waals surface area contributed by atoms with E-state index >= 15 is 0 Å². The summed E-state index contributed by atoms with van der Waals surface area (Å²) in [5.74, 6) is 1.21. The lowest BCUT2D eigenvalue weighted by Gasteiger charge is -2.36. The number of amides is 1. The van der Waals surface area contributed by atoms with Crippen LogP contribution in [0.2, 0.25) is 5.02 Å². The second-order valence-corrected chi connectivity index (χ2v) is 9.21. The highest BCUT2D eigenvalue weighted by Gasteiger charge is 2.21. The third kappa shape index (κ3) is 5.76. The lowest BCUT2D eigenvalue weighted by atomic mass is 9.84. The van der Waals surface area contributed by atoms with E-state index in [1.54, 1.807) is 0 Å². The van der Waals surface area contributed by atoms with E-state index in [0.717, 1.165) is 49.8 Å². The first kappa shape index (κ1) is 22.9. The number of halogens is 1. The van der Waals surface area contributed by atoms with Gasteiger partial charge in [-0.05, 0) is 55.1 Å². The maximum absolute atomic E-state index is 12.6. The van der Waals surface area contributed by atoms with E-state index in [1.807, 2.05) is 30.3 Å². The van der Waals surface area contributed by atoms with Crippen molar-refractivity contribution < 1.29 is 9.53 Å². The Morgan fingerprint density at radius 2 is 1.75 bits per heavy atom. The highest BCUT2D eigenvalue weighted by molar-refractivity contribution is 6.34. The first-order chi connectivity index (χ1) is 15.6. The summed E-state index contributed by atoms with van der Waals surface area (Å²) in [4.78, 5) is 17.3. The lowest BCUT2D eigenvalue weighted by Crippen LogP contribution is -2.46. The summed E-state index contributed by atoms with van der Waals surface area (Å²) in [6.07, 6.45) is 6.55. The molecule has 2 aromatic rings. The molecule has 0 atom stereocenters. The molecular formula is C26H34ClN3O2. The smallest absolute Gasteiger partial charge is 0.262 e. The molecule has 4 rings (SSSR count). The van der Waals surface area contributed by atoms with Crippen LogP contribution in [0, 0.1) is 0 Å². The second-order valence-electron chi connectivity index (χ2n) is 8.80. The Morgan fingerprint density at radius 1 is 1.03 bits per heavy atom. The minimum absolute atomic E-state index is 0.0294. The van der Waals surface area contributed by atoms with E-state index in [2.05, 4.69) is 34.2 Å². The largest absolute Gasteiger partial charge is 0.484 e. The van der Waals surface area contributed by atoms with Crippen LogP contribution in [-0.4, -0.2) is 50.1 Å². The van der Waals surface area contributed by atoms with Gasteiger partial charge in [0.1, 0.15) is 5.75 Å². The molecule has 0 aromatic heterocycles. The van der Waals surface area contributed by atoms with Crippen molar-refractivity contribution >= 4 is 28.9 Å². The Labute approximate surface area is 196 Å². The van der Waals surface area contributed by atoms with Gasteiger partial charge in [0.25, 0.3) is 5.91 Å². The third-order valence-corrected chi connectivity index (χ3v) is 7.03. The fourth-order valence-electron chi connectivity index (χ4n) is 4.83. The van der Waals surface area contributed by atoms with Crippen LogP contribution in [0.5, 0.6) is 5.75 Å². The molecule has 1 saturated heterocycles. The number of ether oxygens (including phenoxy) is 1. The van der Waals surface area contributed by atoms with E-state index in [9.17, 15) is 4.79 Å². The van der Waals surface area contributed by atoms with E-state index < -0.39 is 0 Å². The zero-order valence-corrected chi connectivity index (χ0v) is 19.7. The van der Waals surface area contributed by atoms with Gasteiger partial charge in [0.05, 0.1) is 16.4 Å². The zero-order chi connectivity index (χ0) is 22.3. The van der Waals surface area contributed by atoms with Gasteiger partial charge < -0.3 is 19.9 Å². The van der Waals surface area contributed by atoms with Crippen molar-refractivity contribution in [3.8, 4) is 5.75 Å². The summed E-state index contributed by atoms with van der Waals surface area (Å²) in [6, 6.07) is 13.9. The van der Waals surface area contributed by atoms with Crippen LogP contribution in [0.4, 0.5) is 11.4 Å². The molecular weight excluding hydrogens is 422 g/mol. The molecule has 1 N–H and O–H groups in total. The molecule has 0 radical (unpaired) electrons. The highest BCUT2D eigenvalue weighted by atomic mass is 35.5. The van der Waals surface area contributed by atoms with Crippen molar-refractivity contribution in [2.75, 3.05) is 49.5 Å². The average molecular weight is 456 g/mol. The minimum atomic E-state index is -0.183. The van der Waals surface area contributed by atoms with Crippen molar-refractivity contribution in [3.05, 3.63) is 53.1 Å². The molecule has 2 fully saturated rings. The molecule has 1 aliphatic heterocycles. The summed E-state index contributed by atoms with van der Waals surface area (Å²) in [7, 11) is 0. The van der Waals surface area contributed by atoms with Crippen molar-refractivity contribution in [1.29, 1.82) is 0 Å². The normalized spacial score (nSPS) is 17.9. The third-order valence-electron chi connectivity index (χ3n) is 6.72. The van der Waals surface area contributed by atoms with Gasteiger partial charge in [0, 0.05) is 26.2 Å². The Hall–Kier alpha value is -2.24. The van der Waals surface area contributed by atoms with Crippen LogP contribution in [0.1, 0.15) is 50.5 Å². The molecule has 1 saturated carbocycles. The molecule has 1 amide bonds. The summed E-state index contributed by atoms with van der Waals surface area (Å²) in [5, 5.41) is 3.66. The number of benzene rings is 2. The Bertz CT molecular complexity index is 888. The molecule has 1 heterocycles. The number of carbonyl (C=O) groups is 1. The van der Waals surface area contributed by atoms with E-state index in [0.29, 0.717) is 10.9 Å². The maximum atomic E-state index is 12.6. The van der Waals surface area contributed by atoms with Crippen LogP contribution in [0.3, 0.4) is 0 Å². The van der Waals surface area contributed by atoms with E-state index in [1.165, 1.54) is 37.7 Å². The number of nitrogens with one attached hydrogen (secondary N) is 1. The SMILES string of the molecule is CCN1CCN(c2c(Cl)cccc2NC(=O)COc2ccc(C3CCCCC3)cc2)CC1. The van der Waals surface area contributed by atoms with Crippen LogP contribution in [0.15, 0.2) is 42.5 Å². The molecule has 0 unspecified atom stereocenters. The first-order valence-electron chi connectivity index (χ1n) is 11.9. The van der Waals surface area contributed by atoms with Gasteiger partial charge in [-0.15, -0.1) is 0 Å². The first-order valence-corrected chi connectivity index (χ1v) is 12.3. The topological polar surface area (TPSA) is 44.8 Å². The predicted octanol–water partition coefficient (Wildman–Crippen LogP) is 5.55. The van der Waals surface area contributed by atoms with Gasteiger partial charge in [-0.1, -0.05) is 56.0 Å². The van der Waals surface area contributed by atoms with Crippen LogP contribution < -0.4 is 15.0 Å². The number of likely N-dealkylation sites (N-methyl/N-ethyl adjacent to an activating group) is 1. The van der Waals surface area contributed by atoms with Gasteiger partial charge in [-0.3, -0.25) is 4.79 Å². The van der Waals surface area contributed by atoms with E-state index in [-0.39, 0.29) is 12.5 Å². The van der Waals surface area contributed by atoms with Crippen molar-refractivity contribution in [1.82, 2.24) is 4.90 Å². The molecule has 5 nitrogen and oxygen atoms in total. The number of carbonyl (C=O) groups excluding carboxylic acids is 1. The minimum Gasteiger partial charge on any atom is -0.484 e. The number of nitrogens with zero attached hydrogens (tertiary/aromatic N) is 2. The van der Waals surface area contributed by atoms with Gasteiger partial charge in [-0.25, -0.2) is 0 Å². The molecule has 32 heavy (non-hydrogen) atoms. The predicted molar refractivity (Wildman–Crippen MR) is 132 cm³/mol. The summed E-state index contributed by atoms with van der Waals surface area (Å²) >= 11 is 6.53. The van der Waals surface area contributed by atoms with Crippen molar-refractivity contribution in [3.63, 3.8) is 0 Å². The fourth-order valence-corrected chi connectivity index (χ4v) is 5.13. The maximum Gasteiger partial charge on any atom is 0.262 e. The van der Waals surface area contributed by atoms with Crippen LogP contribution in [-0.2, 0) is 4.79 Å². The average Bonchev–Trinajstić information content (AvgIpc) is 2.84. The number of hydrogen-bond donors (Lipinski definition) is 1. The number of rotatable bonds is 7. The molecule has 0 bridgehead atoms. The number of anilines is 2. The zero-order valence-electron chi connectivity index (χ0n) is 19.0. The van der Waals surface area contributed by atoms with Crippen molar-refractivity contribution in [2.24, 2.45) is 0 Å². The Balaban J connectivity index is 1.34. The Morgan fingerprint density at radius 3 is 2.44 bits per heavy atom. The fraction of sp³-hybridized carbons (Fsp3) is 0.500. The molecule has 6 heteroatoms. The summed E-state index contributed by atoms with van der Waals surface area (Å²) in [5.41, 5.74) is 3.02. The monoisotopic (exact) mass is 455 g/mol. The molecule has 2 aliphatic rings. The second kappa shape index (κ2) is 11.1.